The highest BCUT2D eigenvalue weighted by atomic mass is 79.9. The van der Waals surface area contributed by atoms with E-state index in [1.54, 1.807) is 36.4 Å². The molecule has 0 aliphatic heterocycles. The standard InChI is InChI=1S/C22H22Br2Cl2N2O4/c23-15-9-13(25)5-7-19(15)31-11-21(29)27-17-3-1-2-4-18(17)28-22(30)12-32-20-8-6-14(26)10-16(20)24/h5-10,17-18H,1-4,11-12H2,(H,27,29)(H,28,30)/t17-,18+. The van der Waals surface area contributed by atoms with E-state index in [9.17, 15) is 9.59 Å². The van der Waals surface area contributed by atoms with Crippen molar-refractivity contribution in [2.24, 2.45) is 0 Å². The fourth-order valence-corrected chi connectivity index (χ4v) is 5.04. The summed E-state index contributed by atoms with van der Waals surface area (Å²) in [6.45, 7) is -0.268. The van der Waals surface area contributed by atoms with Gasteiger partial charge < -0.3 is 20.1 Å². The fourth-order valence-electron chi connectivity index (χ4n) is 3.44. The van der Waals surface area contributed by atoms with Gasteiger partial charge in [0.15, 0.2) is 13.2 Å². The summed E-state index contributed by atoms with van der Waals surface area (Å²) < 4.78 is 12.5. The summed E-state index contributed by atoms with van der Waals surface area (Å²) in [7, 11) is 0. The van der Waals surface area contributed by atoms with Crippen molar-refractivity contribution >= 4 is 66.9 Å². The Bertz CT molecular complexity index is 899. The van der Waals surface area contributed by atoms with E-state index in [1.165, 1.54) is 0 Å². The average molecular weight is 609 g/mol. The minimum atomic E-state index is -0.251. The van der Waals surface area contributed by atoms with Crippen LogP contribution in [-0.2, 0) is 9.59 Å². The molecule has 0 spiro atoms. The molecule has 32 heavy (non-hydrogen) atoms. The van der Waals surface area contributed by atoms with E-state index in [4.69, 9.17) is 32.7 Å². The van der Waals surface area contributed by atoms with Gasteiger partial charge in [0.05, 0.1) is 8.95 Å². The maximum absolute atomic E-state index is 12.4. The number of rotatable bonds is 8. The van der Waals surface area contributed by atoms with Crippen LogP contribution in [0.15, 0.2) is 45.3 Å². The SMILES string of the molecule is O=C(COc1ccc(Cl)cc1Br)N[C@H]1CCCC[C@H]1NC(=O)COc1ccc(Cl)cc1Br. The summed E-state index contributed by atoms with van der Waals surface area (Å²) >= 11 is 18.6. The molecule has 0 heterocycles. The molecule has 172 valence electrons. The van der Waals surface area contributed by atoms with Gasteiger partial charge in [0.25, 0.3) is 11.8 Å². The molecule has 2 N–H and O–H groups in total. The Balaban J connectivity index is 1.48. The van der Waals surface area contributed by atoms with Crippen LogP contribution in [0.3, 0.4) is 0 Å². The Hall–Kier alpha value is -1.48. The Morgan fingerprint density at radius 1 is 0.812 bits per heavy atom. The Morgan fingerprint density at radius 3 is 1.59 bits per heavy atom. The molecule has 2 aromatic rings. The van der Waals surface area contributed by atoms with Gasteiger partial charge in [-0.3, -0.25) is 9.59 Å². The molecule has 3 rings (SSSR count). The number of hydrogen-bond acceptors (Lipinski definition) is 4. The van der Waals surface area contributed by atoms with Crippen LogP contribution in [0.2, 0.25) is 10.0 Å². The first kappa shape index (κ1) is 25.1. The number of nitrogens with one attached hydrogen (secondary N) is 2. The van der Waals surface area contributed by atoms with E-state index in [2.05, 4.69) is 42.5 Å². The molecule has 1 aliphatic rings. The molecule has 10 heteroatoms. The second-order valence-corrected chi connectivity index (χ2v) is 9.94. The quantitative estimate of drug-likeness (QED) is 0.414. The maximum atomic E-state index is 12.4. The summed E-state index contributed by atoms with van der Waals surface area (Å²) in [4.78, 5) is 24.9. The number of amides is 2. The number of carbonyl (C=O) groups is 2. The highest BCUT2D eigenvalue weighted by Gasteiger charge is 2.28. The van der Waals surface area contributed by atoms with Crippen LogP contribution in [0.5, 0.6) is 11.5 Å². The van der Waals surface area contributed by atoms with Gasteiger partial charge in [-0.1, -0.05) is 36.0 Å². The molecule has 0 aromatic heterocycles. The van der Waals surface area contributed by atoms with Crippen molar-refractivity contribution in [3.63, 3.8) is 0 Å². The first-order valence-electron chi connectivity index (χ1n) is 10.1. The maximum Gasteiger partial charge on any atom is 0.258 e. The first-order valence-corrected chi connectivity index (χ1v) is 12.4. The first-order chi connectivity index (χ1) is 15.3. The summed E-state index contributed by atoms with van der Waals surface area (Å²) in [6.07, 6.45) is 3.53. The summed E-state index contributed by atoms with van der Waals surface area (Å²) in [5.74, 6) is 0.561. The summed E-state index contributed by atoms with van der Waals surface area (Å²) in [5.41, 5.74) is 0. The predicted octanol–water partition coefficient (Wildman–Crippen LogP) is 5.52. The lowest BCUT2D eigenvalue weighted by molar-refractivity contribution is -0.127. The zero-order valence-electron chi connectivity index (χ0n) is 17.0. The molecular weight excluding hydrogens is 587 g/mol. The van der Waals surface area contributed by atoms with Gasteiger partial charge in [-0.25, -0.2) is 0 Å². The highest BCUT2D eigenvalue weighted by molar-refractivity contribution is 9.10. The summed E-state index contributed by atoms with van der Waals surface area (Å²) in [6, 6.07) is 9.84. The van der Waals surface area contributed by atoms with Gasteiger partial charge in [0.1, 0.15) is 11.5 Å². The Labute approximate surface area is 213 Å². The second-order valence-electron chi connectivity index (χ2n) is 7.36. The third-order valence-corrected chi connectivity index (χ3v) is 6.67. The molecule has 0 saturated heterocycles. The van der Waals surface area contributed by atoms with E-state index in [0.717, 1.165) is 25.7 Å². The Kier molecular flexibility index (Phi) is 9.52. The average Bonchev–Trinajstić information content (AvgIpc) is 2.74. The largest absolute Gasteiger partial charge is 0.483 e. The van der Waals surface area contributed by atoms with Crippen LogP contribution in [0.25, 0.3) is 0 Å². The predicted molar refractivity (Wildman–Crippen MR) is 132 cm³/mol. The molecule has 6 nitrogen and oxygen atoms in total. The highest BCUT2D eigenvalue weighted by Crippen LogP contribution is 2.29. The van der Waals surface area contributed by atoms with Gasteiger partial charge in [-0.05, 0) is 81.1 Å². The van der Waals surface area contributed by atoms with Crippen LogP contribution in [0.1, 0.15) is 25.7 Å². The van der Waals surface area contributed by atoms with Crippen molar-refractivity contribution in [1.82, 2.24) is 10.6 Å². The Morgan fingerprint density at radius 2 is 1.22 bits per heavy atom. The van der Waals surface area contributed by atoms with E-state index in [1.807, 2.05) is 0 Å². The zero-order chi connectivity index (χ0) is 23.1. The molecule has 0 radical (unpaired) electrons. The van der Waals surface area contributed by atoms with Gasteiger partial charge in [0, 0.05) is 22.1 Å². The minimum absolute atomic E-state index is 0.134. The van der Waals surface area contributed by atoms with Gasteiger partial charge in [-0.2, -0.15) is 0 Å². The van der Waals surface area contributed by atoms with Crippen molar-refractivity contribution in [3.05, 3.63) is 55.4 Å². The van der Waals surface area contributed by atoms with Gasteiger partial charge in [-0.15, -0.1) is 0 Å². The number of hydrogen-bond donors (Lipinski definition) is 2. The molecule has 0 bridgehead atoms. The number of ether oxygens (including phenoxy) is 2. The number of halogens is 4. The normalized spacial score (nSPS) is 18.0. The van der Waals surface area contributed by atoms with Crippen LogP contribution < -0.4 is 20.1 Å². The molecule has 1 fully saturated rings. The van der Waals surface area contributed by atoms with Crippen LogP contribution in [-0.4, -0.2) is 37.1 Å². The smallest absolute Gasteiger partial charge is 0.258 e. The van der Waals surface area contributed by atoms with E-state index in [-0.39, 0.29) is 37.1 Å². The van der Waals surface area contributed by atoms with Crippen molar-refractivity contribution in [1.29, 1.82) is 0 Å². The fraction of sp³-hybridized carbons (Fsp3) is 0.364. The van der Waals surface area contributed by atoms with Crippen molar-refractivity contribution in [2.45, 2.75) is 37.8 Å². The van der Waals surface area contributed by atoms with E-state index < -0.39 is 0 Å². The van der Waals surface area contributed by atoms with Crippen LogP contribution in [0, 0.1) is 0 Å². The molecule has 2 aromatic carbocycles. The van der Waals surface area contributed by atoms with Gasteiger partial charge in [0.2, 0.25) is 0 Å². The topological polar surface area (TPSA) is 76.7 Å². The molecule has 2 amide bonds. The van der Waals surface area contributed by atoms with Crippen molar-refractivity contribution in [3.8, 4) is 11.5 Å². The molecule has 0 unspecified atom stereocenters. The summed E-state index contributed by atoms with van der Waals surface area (Å²) in [5, 5.41) is 7.11. The van der Waals surface area contributed by atoms with E-state index in [0.29, 0.717) is 30.5 Å². The third-order valence-electron chi connectivity index (χ3n) is 4.96. The lowest BCUT2D eigenvalue weighted by atomic mass is 9.90. The number of benzene rings is 2. The lowest BCUT2D eigenvalue weighted by Crippen LogP contribution is -2.54. The monoisotopic (exact) mass is 606 g/mol. The van der Waals surface area contributed by atoms with E-state index >= 15 is 0 Å². The minimum Gasteiger partial charge on any atom is -0.483 e. The van der Waals surface area contributed by atoms with Gasteiger partial charge >= 0.3 is 0 Å². The number of carbonyl (C=O) groups excluding carboxylic acids is 2. The van der Waals surface area contributed by atoms with Crippen molar-refractivity contribution in [2.75, 3.05) is 13.2 Å². The molecule has 1 aliphatic carbocycles. The lowest BCUT2D eigenvalue weighted by Gasteiger charge is -2.32. The second kappa shape index (κ2) is 12.1. The van der Waals surface area contributed by atoms with Crippen LogP contribution in [0.4, 0.5) is 0 Å². The third kappa shape index (κ3) is 7.54. The van der Waals surface area contributed by atoms with Crippen LogP contribution >= 0.6 is 55.1 Å². The zero-order valence-corrected chi connectivity index (χ0v) is 21.7. The molecule has 1 saturated carbocycles. The molecule has 2 atom stereocenters. The molecular formula is C22H22Br2Cl2N2O4. The van der Waals surface area contributed by atoms with Crippen molar-refractivity contribution < 1.29 is 19.1 Å².